The maximum Gasteiger partial charge on any atom is 1.00 e. The fourth-order valence-corrected chi connectivity index (χ4v) is 9.83. The summed E-state index contributed by atoms with van der Waals surface area (Å²) in [5.41, 5.74) is 9.31. The van der Waals surface area contributed by atoms with E-state index in [0.717, 1.165) is 39.0 Å². The van der Waals surface area contributed by atoms with Gasteiger partial charge in [0.15, 0.2) is 17.1 Å². The molecule has 101 heavy (non-hydrogen) atoms. The van der Waals surface area contributed by atoms with Gasteiger partial charge in [-0.25, -0.2) is 18.8 Å². The molecule has 32 nitrogen and oxygen atoms in total. The van der Waals surface area contributed by atoms with Crippen molar-refractivity contribution >= 4 is 48.0 Å². The van der Waals surface area contributed by atoms with Gasteiger partial charge in [0.25, 0.3) is 0 Å². The van der Waals surface area contributed by atoms with Crippen LogP contribution in [-0.4, -0.2) is 181 Å². The van der Waals surface area contributed by atoms with Crippen molar-refractivity contribution in [2.24, 2.45) is 42.3 Å². The summed E-state index contributed by atoms with van der Waals surface area (Å²) in [5.74, 6) is -5.65. The van der Waals surface area contributed by atoms with E-state index in [2.05, 4.69) is 60.5 Å². The average Bonchev–Trinajstić information content (AvgIpc) is 1.61. The summed E-state index contributed by atoms with van der Waals surface area (Å²) in [5, 5.41) is 79.8. The summed E-state index contributed by atoms with van der Waals surface area (Å²) in [6.07, 6.45) is 16.7. The van der Waals surface area contributed by atoms with Crippen molar-refractivity contribution in [2.75, 3.05) is 13.2 Å². The van der Waals surface area contributed by atoms with E-state index in [4.69, 9.17) is 34.8 Å². The van der Waals surface area contributed by atoms with Crippen LogP contribution < -0.4 is 40.1 Å². The van der Waals surface area contributed by atoms with Crippen LogP contribution in [0.2, 0.25) is 0 Å². The van der Waals surface area contributed by atoms with Gasteiger partial charge in [-0.1, -0.05) is 18.2 Å². The summed E-state index contributed by atoms with van der Waals surface area (Å²) >= 11 is 0. The van der Waals surface area contributed by atoms with Crippen LogP contribution in [0.25, 0.3) is 56.3 Å². The minimum Gasteiger partial charge on any atom is -0.543 e. The number of aromatic nitrogens is 18. The number of rotatable bonds is 14. The second-order valence-corrected chi connectivity index (χ2v) is 23.1. The summed E-state index contributed by atoms with van der Waals surface area (Å²) in [6, 6.07) is 15.3. The van der Waals surface area contributed by atoms with Crippen LogP contribution in [0.1, 0.15) is 113 Å². The average molecular weight is 1390 g/mol. The molecule has 0 bridgehead atoms. The van der Waals surface area contributed by atoms with E-state index in [1.165, 1.54) is 67.5 Å². The number of pyridine rings is 4. The molecule has 35 heteroatoms. The number of carboxylic acids is 4. The van der Waals surface area contributed by atoms with Crippen LogP contribution in [0.4, 0.5) is 4.39 Å². The molecule has 0 amide bonds. The fraction of sp³-hybridized carbons (Fsp3) is 0.273. The second-order valence-electron chi connectivity index (χ2n) is 23.1. The van der Waals surface area contributed by atoms with Crippen LogP contribution in [0.5, 0.6) is 0 Å². The van der Waals surface area contributed by atoms with Crippen molar-refractivity contribution < 1.29 is 103 Å². The van der Waals surface area contributed by atoms with Gasteiger partial charge >= 0.3 is 54.6 Å². The standard InChI is InChI=1S/C12H19BN2O4.C12H13N3O2.2C11H11N3O2.C10H8FN3O2.C10H10N4O2.Na/c1-11(2)12(3,4)19-13(18-11)8-6-14-15(5)10(8)9(17)7-16;1-8-4-3-5-13-11(8)9-6-14-15(2)12(9)10(17)7-16;1-7-4-3-5-12-9(7)8-6-13-14(2)10(8)11(15)16;1-7-4-3-5-9(13-7)8-6-12-14(2)10(8)11(15)16;1-14-9(10(15)16)7(5-13-14)8-4-6(11)2-3-12-8;1-6-3-12-8(5-11-6)7-4-13-14(2)9(7)10(15)16;/h6,16H,7H2,1-5H3;3-6,16H,7H2,1-2H3;2*3-6H,1-2H3,(H,15,16);2-5H,1H3,(H,15,16);3-5H,1-2H3,(H,15,16);/q;;;;;;+1/p-1. The van der Waals surface area contributed by atoms with Crippen molar-refractivity contribution in [3.05, 3.63) is 185 Å². The van der Waals surface area contributed by atoms with Gasteiger partial charge in [0.2, 0.25) is 11.6 Å². The quantitative estimate of drug-likeness (QED) is 0.0764. The number of Topliss-reactive ketones (excluding diaryl/α,β-unsaturated/α-hetero) is 2. The molecule has 0 saturated carbocycles. The van der Waals surface area contributed by atoms with E-state index in [-0.39, 0.29) is 69.4 Å². The van der Waals surface area contributed by atoms with Crippen LogP contribution >= 0.6 is 0 Å². The fourth-order valence-electron chi connectivity index (χ4n) is 9.83. The first-order valence-corrected chi connectivity index (χ1v) is 30.1. The molecule has 0 unspecified atom stereocenters. The smallest absolute Gasteiger partial charge is 0.543 e. The number of carbonyl (C=O) groups excluding carboxylic acids is 3. The van der Waals surface area contributed by atoms with Gasteiger partial charge < -0.3 is 44.7 Å². The number of hydrogen-bond donors (Lipinski definition) is 5. The van der Waals surface area contributed by atoms with Gasteiger partial charge in [0.1, 0.15) is 30.4 Å². The zero-order valence-electron chi connectivity index (χ0n) is 57.9. The Kier molecular flexibility index (Phi) is 26.7. The van der Waals surface area contributed by atoms with Crippen molar-refractivity contribution in [1.29, 1.82) is 0 Å². The molecule has 1 aliphatic heterocycles. The predicted octanol–water partition coefficient (Wildman–Crippen LogP) is 1.71. The molecule has 11 aromatic rings. The first-order valence-electron chi connectivity index (χ1n) is 30.1. The minimum atomic E-state index is -1.37. The molecule has 0 atom stereocenters. The molecule has 12 rings (SSSR count). The molecule has 5 N–H and O–H groups in total. The number of ketones is 2. The first kappa shape index (κ1) is 79.0. The molecule has 520 valence electrons. The molecule has 0 aliphatic carbocycles. The Morgan fingerprint density at radius 3 is 1.32 bits per heavy atom. The van der Waals surface area contributed by atoms with Gasteiger partial charge in [-0.15, -0.1) is 0 Å². The topological polar surface area (TPSA) is 429 Å². The Labute approximate surface area is 599 Å². The molecule has 11 aromatic heterocycles. The predicted molar refractivity (Wildman–Crippen MR) is 356 cm³/mol. The van der Waals surface area contributed by atoms with Crippen LogP contribution in [0.3, 0.4) is 0 Å². The Hall–Kier alpha value is -11.0. The number of carboxylic acid groups (broad SMARTS) is 4. The van der Waals surface area contributed by atoms with E-state index in [0.29, 0.717) is 56.2 Å². The third-order valence-corrected chi connectivity index (χ3v) is 15.5. The van der Waals surface area contributed by atoms with Crippen LogP contribution in [0.15, 0.2) is 123 Å². The molecule has 0 radical (unpaired) electrons. The van der Waals surface area contributed by atoms with Gasteiger partial charge in [0, 0.05) is 102 Å². The zero-order valence-corrected chi connectivity index (χ0v) is 59.9. The maximum atomic E-state index is 13.0. The molecule has 0 aromatic carbocycles. The van der Waals surface area contributed by atoms with Gasteiger partial charge in [0.05, 0.1) is 111 Å². The minimum absolute atomic E-state index is 0. The number of hydrogen-bond acceptors (Lipinski definition) is 23. The van der Waals surface area contributed by atoms with E-state index in [1.807, 2.05) is 91.8 Å². The molecular formula is C66H71BFN18NaO14. The molecule has 1 fully saturated rings. The molecule has 1 aliphatic rings. The Morgan fingerprint density at radius 2 is 0.881 bits per heavy atom. The first-order chi connectivity index (χ1) is 47.2. The zero-order chi connectivity index (χ0) is 73.7. The second kappa shape index (κ2) is 34.2. The van der Waals surface area contributed by atoms with Crippen LogP contribution in [0, 0.1) is 33.5 Å². The van der Waals surface area contributed by atoms with Crippen molar-refractivity contribution in [3.8, 4) is 56.3 Å². The number of aryl methyl sites for hydroxylation is 10. The third-order valence-electron chi connectivity index (χ3n) is 15.5. The van der Waals surface area contributed by atoms with Crippen molar-refractivity contribution in [2.45, 2.75) is 66.6 Å². The van der Waals surface area contributed by atoms with Crippen molar-refractivity contribution in [3.63, 3.8) is 0 Å². The van der Waals surface area contributed by atoms with Gasteiger partial charge in [-0.05, 0) is 96.8 Å². The Balaban J connectivity index is 0.000000191. The number of nitrogens with zero attached hydrogens (tertiary/aromatic N) is 18. The number of carbonyl (C=O) groups is 6. The molecule has 1 saturated heterocycles. The largest absolute Gasteiger partial charge is 1.00 e. The van der Waals surface area contributed by atoms with Gasteiger partial charge in [-0.2, -0.15) is 30.6 Å². The maximum absolute atomic E-state index is 13.0. The van der Waals surface area contributed by atoms with E-state index in [1.54, 1.807) is 78.5 Å². The summed E-state index contributed by atoms with van der Waals surface area (Å²) in [4.78, 5) is 92.3. The number of aromatic carboxylic acids is 4. The number of aliphatic hydroxyl groups excluding tert-OH is 2. The van der Waals surface area contributed by atoms with E-state index < -0.39 is 67.0 Å². The summed E-state index contributed by atoms with van der Waals surface area (Å²) in [6.45, 7) is 14.2. The SMILES string of the molecule is Cc1cccc(-c2cnn(C)c2C(=O)O)n1.Cc1cccnc1-c1cnn(C)c1C(=O)CO.Cc1cccnc1-c1cnn(C)c1C(=O)O.Cc1cnc(-c2cnn(C)c2C(=O)O)cn1.Cn1ncc(-c2cc(F)ccn2)c1C(=O)[O-].Cn1ncc(B2OC(C)(C)C(C)(C)O2)c1C(=O)CO.[Na+]. The number of halogens is 1. The molecular weight excluding hydrogens is 1320 g/mol. The summed E-state index contributed by atoms with van der Waals surface area (Å²) in [7, 11) is 8.92. The monoisotopic (exact) mass is 1390 g/mol. The van der Waals surface area contributed by atoms with Crippen LogP contribution in [-0.2, 0) is 51.6 Å². The normalized spacial score (nSPS) is 12.3. The third kappa shape index (κ3) is 18.7. The summed E-state index contributed by atoms with van der Waals surface area (Å²) < 4.78 is 32.8. The Bertz CT molecular complexity index is 4670. The number of aliphatic hydroxyl groups is 2. The Morgan fingerprint density at radius 1 is 0.465 bits per heavy atom. The van der Waals surface area contributed by atoms with E-state index >= 15 is 0 Å². The van der Waals surface area contributed by atoms with Crippen molar-refractivity contribution in [1.82, 2.24) is 88.6 Å². The van der Waals surface area contributed by atoms with Gasteiger partial charge in [-0.3, -0.25) is 67.6 Å². The molecule has 0 spiro atoms. The van der Waals surface area contributed by atoms with E-state index in [9.17, 15) is 38.3 Å². The molecule has 12 heterocycles.